The third kappa shape index (κ3) is 1.94. The predicted octanol–water partition coefficient (Wildman–Crippen LogP) is 2.94. The van der Waals surface area contributed by atoms with E-state index in [0.717, 1.165) is 35.4 Å². The standard InChI is InChI=1S/C15H15ClN2O/c16-9-10-3-1-2-4-11(10)12-5-6-13(18-12)15(7-8-15)14(17)19/h1-6,18H,7-9H2,(H2,17,19). The highest BCUT2D eigenvalue weighted by molar-refractivity contribution is 6.17. The van der Waals surface area contributed by atoms with Crippen LogP contribution in [0.2, 0.25) is 0 Å². The molecule has 1 aliphatic carbocycles. The second-order valence-electron chi connectivity index (χ2n) is 5.02. The molecule has 1 fully saturated rings. The number of aromatic amines is 1. The van der Waals surface area contributed by atoms with E-state index in [1.54, 1.807) is 0 Å². The van der Waals surface area contributed by atoms with Crippen LogP contribution in [0.4, 0.5) is 0 Å². The Morgan fingerprint density at radius 2 is 2.00 bits per heavy atom. The van der Waals surface area contributed by atoms with E-state index in [9.17, 15) is 4.79 Å². The van der Waals surface area contributed by atoms with Gasteiger partial charge in [-0.05, 0) is 30.5 Å². The zero-order valence-corrected chi connectivity index (χ0v) is 11.2. The first-order chi connectivity index (χ1) is 9.17. The van der Waals surface area contributed by atoms with Gasteiger partial charge in [-0.25, -0.2) is 0 Å². The molecule has 98 valence electrons. The number of hydrogen-bond acceptors (Lipinski definition) is 1. The van der Waals surface area contributed by atoms with Crippen molar-refractivity contribution >= 4 is 17.5 Å². The van der Waals surface area contributed by atoms with Crippen LogP contribution < -0.4 is 5.73 Å². The molecule has 1 heterocycles. The molecule has 1 aromatic heterocycles. The highest BCUT2D eigenvalue weighted by Crippen LogP contribution is 2.47. The summed E-state index contributed by atoms with van der Waals surface area (Å²) in [6.07, 6.45) is 1.67. The molecule has 0 spiro atoms. The Bertz CT molecular complexity index is 629. The van der Waals surface area contributed by atoms with Gasteiger partial charge in [-0.1, -0.05) is 24.3 Å². The SMILES string of the molecule is NC(=O)C1(c2ccc(-c3ccccc3CCl)[nH]2)CC1. The van der Waals surface area contributed by atoms with E-state index < -0.39 is 5.41 Å². The summed E-state index contributed by atoms with van der Waals surface area (Å²) in [6.45, 7) is 0. The molecular weight excluding hydrogens is 260 g/mol. The molecule has 0 aliphatic heterocycles. The molecule has 3 rings (SSSR count). The van der Waals surface area contributed by atoms with E-state index >= 15 is 0 Å². The summed E-state index contributed by atoms with van der Waals surface area (Å²) in [7, 11) is 0. The van der Waals surface area contributed by atoms with Crippen LogP contribution in [-0.2, 0) is 16.1 Å². The maximum atomic E-state index is 11.5. The normalized spacial score (nSPS) is 16.3. The number of nitrogens with two attached hydrogens (primary N) is 1. The number of primary amides is 1. The Hall–Kier alpha value is -1.74. The van der Waals surface area contributed by atoms with Crippen LogP contribution >= 0.6 is 11.6 Å². The third-order valence-electron chi connectivity index (χ3n) is 3.87. The molecule has 1 saturated carbocycles. The van der Waals surface area contributed by atoms with E-state index in [1.807, 2.05) is 36.4 Å². The number of carbonyl (C=O) groups is 1. The average Bonchev–Trinajstić information content (AvgIpc) is 3.11. The topological polar surface area (TPSA) is 58.9 Å². The quantitative estimate of drug-likeness (QED) is 0.828. The first-order valence-electron chi connectivity index (χ1n) is 6.31. The number of amides is 1. The number of nitrogens with one attached hydrogen (secondary N) is 1. The van der Waals surface area contributed by atoms with Crippen molar-refractivity contribution in [3.05, 3.63) is 47.7 Å². The lowest BCUT2D eigenvalue weighted by atomic mass is 10.0. The van der Waals surface area contributed by atoms with E-state index in [0.29, 0.717) is 5.88 Å². The van der Waals surface area contributed by atoms with E-state index in [1.165, 1.54) is 0 Å². The third-order valence-corrected chi connectivity index (χ3v) is 4.16. The van der Waals surface area contributed by atoms with Gasteiger partial charge in [-0.3, -0.25) is 4.79 Å². The van der Waals surface area contributed by atoms with Gasteiger partial charge < -0.3 is 10.7 Å². The molecule has 0 atom stereocenters. The van der Waals surface area contributed by atoms with Gasteiger partial charge in [0.15, 0.2) is 0 Å². The van der Waals surface area contributed by atoms with Crippen LogP contribution in [-0.4, -0.2) is 10.9 Å². The Morgan fingerprint density at radius 3 is 2.63 bits per heavy atom. The summed E-state index contributed by atoms with van der Waals surface area (Å²) in [6, 6.07) is 11.9. The predicted molar refractivity (Wildman–Crippen MR) is 75.9 cm³/mol. The Kier molecular flexibility index (Phi) is 2.86. The first kappa shape index (κ1) is 12.3. The summed E-state index contributed by atoms with van der Waals surface area (Å²) in [5.41, 5.74) is 9.07. The molecule has 1 amide bonds. The molecule has 2 aromatic rings. The van der Waals surface area contributed by atoms with E-state index in [-0.39, 0.29) is 5.91 Å². The fourth-order valence-corrected chi connectivity index (χ4v) is 2.74. The molecule has 0 unspecified atom stereocenters. The van der Waals surface area contributed by atoms with Crippen LogP contribution in [0, 0.1) is 0 Å². The smallest absolute Gasteiger partial charge is 0.229 e. The number of benzene rings is 1. The number of carbonyl (C=O) groups excluding carboxylic acids is 1. The summed E-state index contributed by atoms with van der Waals surface area (Å²) < 4.78 is 0. The van der Waals surface area contributed by atoms with Gasteiger partial charge in [-0.2, -0.15) is 0 Å². The molecule has 19 heavy (non-hydrogen) atoms. The molecule has 4 heteroatoms. The summed E-state index contributed by atoms with van der Waals surface area (Å²) in [5.74, 6) is 0.220. The number of H-pyrrole nitrogens is 1. The largest absolute Gasteiger partial charge is 0.369 e. The molecule has 3 nitrogen and oxygen atoms in total. The van der Waals surface area contributed by atoms with Gasteiger partial charge in [0.2, 0.25) is 5.91 Å². The lowest BCUT2D eigenvalue weighted by molar-refractivity contribution is -0.120. The fraction of sp³-hybridized carbons (Fsp3) is 0.267. The van der Waals surface area contributed by atoms with Gasteiger partial charge in [-0.15, -0.1) is 11.6 Å². The second kappa shape index (κ2) is 4.42. The van der Waals surface area contributed by atoms with Crippen molar-refractivity contribution in [2.75, 3.05) is 0 Å². The molecule has 0 saturated heterocycles. The molecule has 0 radical (unpaired) electrons. The Balaban J connectivity index is 2.00. The first-order valence-corrected chi connectivity index (χ1v) is 6.84. The van der Waals surface area contributed by atoms with Crippen LogP contribution in [0.25, 0.3) is 11.3 Å². The van der Waals surface area contributed by atoms with Crippen molar-refractivity contribution in [1.82, 2.24) is 4.98 Å². The molecule has 3 N–H and O–H groups in total. The summed E-state index contributed by atoms with van der Waals surface area (Å²) in [5, 5.41) is 0. The number of halogens is 1. The van der Waals surface area contributed by atoms with E-state index in [4.69, 9.17) is 17.3 Å². The van der Waals surface area contributed by atoms with Crippen LogP contribution in [0.5, 0.6) is 0 Å². The van der Waals surface area contributed by atoms with Crippen molar-refractivity contribution < 1.29 is 4.79 Å². The van der Waals surface area contributed by atoms with Gasteiger partial charge in [0.25, 0.3) is 0 Å². The highest BCUT2D eigenvalue weighted by atomic mass is 35.5. The van der Waals surface area contributed by atoms with Gasteiger partial charge in [0.05, 0.1) is 5.41 Å². The number of rotatable bonds is 4. The zero-order chi connectivity index (χ0) is 13.5. The summed E-state index contributed by atoms with van der Waals surface area (Å²) >= 11 is 5.95. The fourth-order valence-electron chi connectivity index (χ4n) is 2.50. The van der Waals surface area contributed by atoms with Crippen molar-refractivity contribution in [2.45, 2.75) is 24.1 Å². The van der Waals surface area contributed by atoms with Crippen molar-refractivity contribution in [2.24, 2.45) is 5.73 Å². The van der Waals surface area contributed by atoms with Crippen LogP contribution in [0.1, 0.15) is 24.1 Å². The minimum atomic E-state index is -0.464. The lowest BCUT2D eigenvalue weighted by Gasteiger charge is -2.09. The van der Waals surface area contributed by atoms with E-state index in [2.05, 4.69) is 4.98 Å². The van der Waals surface area contributed by atoms with Crippen LogP contribution in [0.3, 0.4) is 0 Å². The zero-order valence-electron chi connectivity index (χ0n) is 10.4. The van der Waals surface area contributed by atoms with Crippen molar-refractivity contribution in [3.8, 4) is 11.3 Å². The maximum absolute atomic E-state index is 11.5. The van der Waals surface area contributed by atoms with Gasteiger partial charge in [0, 0.05) is 22.8 Å². The Labute approximate surface area is 116 Å². The molecular formula is C15H15ClN2O. The van der Waals surface area contributed by atoms with Crippen LogP contribution in [0.15, 0.2) is 36.4 Å². The van der Waals surface area contributed by atoms with Gasteiger partial charge >= 0.3 is 0 Å². The van der Waals surface area contributed by atoms with Crippen molar-refractivity contribution in [3.63, 3.8) is 0 Å². The number of hydrogen-bond donors (Lipinski definition) is 2. The monoisotopic (exact) mass is 274 g/mol. The van der Waals surface area contributed by atoms with Gasteiger partial charge in [0.1, 0.15) is 0 Å². The maximum Gasteiger partial charge on any atom is 0.229 e. The minimum Gasteiger partial charge on any atom is -0.369 e. The molecule has 0 bridgehead atoms. The minimum absolute atomic E-state index is 0.244. The van der Waals surface area contributed by atoms with Crippen molar-refractivity contribution in [1.29, 1.82) is 0 Å². The summed E-state index contributed by atoms with van der Waals surface area (Å²) in [4.78, 5) is 14.9. The lowest BCUT2D eigenvalue weighted by Crippen LogP contribution is -2.28. The highest BCUT2D eigenvalue weighted by Gasteiger charge is 2.51. The molecule has 1 aliphatic rings. The Morgan fingerprint density at radius 1 is 1.26 bits per heavy atom. The second-order valence-corrected chi connectivity index (χ2v) is 5.29. The molecule has 1 aromatic carbocycles. The number of aromatic nitrogens is 1. The average molecular weight is 275 g/mol. The number of alkyl halides is 1.